The third kappa shape index (κ3) is 32.6. The minimum atomic E-state index is -1.72. The van der Waals surface area contributed by atoms with Crippen LogP contribution in [-0.4, -0.2) is 58.1 Å². The molecule has 0 aromatic heterocycles. The number of carboxylic acid groups (broad SMARTS) is 1. The summed E-state index contributed by atoms with van der Waals surface area (Å²) < 4.78 is 4.50. The van der Waals surface area contributed by atoms with E-state index in [-0.39, 0.29) is 46.7 Å². The molecule has 1 fully saturated rings. The molecule has 1 saturated heterocycles. The van der Waals surface area contributed by atoms with Crippen LogP contribution in [-0.2, 0) is 14.3 Å². The van der Waals surface area contributed by atoms with Crippen molar-refractivity contribution in [1.29, 1.82) is 0 Å². The number of carbonyl (C=O) groups excluding carboxylic acids is 1. The predicted molar refractivity (Wildman–Crippen MR) is 122 cm³/mol. The Bertz CT molecular complexity index is 331. The standard InChI is InChI=1S/C7H15NO2S.C4H7NO2.3CH4.Al.4ClH/c1-5(2)11-4-3-6(8)7(9)10;5-3-1-2-7-4(3)6;;;;;;;;/h5-6H,3-4,8H2,1-2H3,(H,9,10);3H,1-2,5H2;3*1H4;;4*1H/q;;;;;+3;;;;/p-3. The number of halogens is 4. The molecule has 0 bridgehead atoms. The van der Waals surface area contributed by atoms with Gasteiger partial charge in [0.2, 0.25) is 0 Å². The van der Waals surface area contributed by atoms with Gasteiger partial charge in [-0.05, 0) is 17.4 Å². The summed E-state index contributed by atoms with van der Waals surface area (Å²) in [6.07, 6.45) is 1.23. The Morgan fingerprint density at radius 1 is 1.35 bits per heavy atom. The van der Waals surface area contributed by atoms with E-state index >= 15 is 0 Å². The molecule has 2 atom stereocenters. The highest BCUT2D eigenvalue weighted by atomic mass is 35.8. The Labute approximate surface area is 186 Å². The molecule has 0 amide bonds. The van der Waals surface area contributed by atoms with E-state index in [4.69, 9.17) is 46.7 Å². The smallest absolute Gasteiger partial charge is 0.480 e. The molecule has 12 heteroatoms. The molecular formula is C14H35AlCl4N2O4S. The second kappa shape index (κ2) is 25.9. The number of esters is 1. The molecule has 1 aliphatic rings. The van der Waals surface area contributed by atoms with E-state index in [9.17, 15) is 9.59 Å². The van der Waals surface area contributed by atoms with Crippen LogP contribution in [0.4, 0.5) is 0 Å². The maximum atomic E-state index is 10.2. The van der Waals surface area contributed by atoms with Crippen LogP contribution in [0.3, 0.4) is 0 Å². The summed E-state index contributed by atoms with van der Waals surface area (Å²) in [6.45, 7) is 4.66. The number of hydrogen-bond acceptors (Lipinski definition) is 6. The summed E-state index contributed by atoms with van der Waals surface area (Å²) >= 11 is 0.0114. The zero-order valence-corrected chi connectivity index (χ0v) is 18.0. The van der Waals surface area contributed by atoms with Gasteiger partial charge in [-0.1, -0.05) is 36.1 Å². The van der Waals surface area contributed by atoms with E-state index in [0.717, 1.165) is 5.75 Å². The van der Waals surface area contributed by atoms with Crippen molar-refractivity contribution in [1.82, 2.24) is 0 Å². The lowest BCUT2D eigenvalue weighted by atomic mass is 10.2. The Kier molecular flexibility index (Phi) is 41.2. The number of thioether (sulfide) groups is 1. The van der Waals surface area contributed by atoms with Crippen molar-refractivity contribution >= 4 is 77.6 Å². The zero-order valence-electron chi connectivity index (χ0n) is 12.9. The Hall–Kier alpha value is 0.902. The summed E-state index contributed by atoms with van der Waals surface area (Å²) in [5.41, 5.74) is 10.5. The first-order valence-electron chi connectivity index (χ1n) is 6.52. The molecule has 162 valence electrons. The van der Waals surface area contributed by atoms with Crippen LogP contribution >= 0.6 is 54.3 Å². The van der Waals surface area contributed by atoms with Crippen molar-refractivity contribution in [3.8, 4) is 0 Å². The number of cyclic esters (lactones) is 1. The van der Waals surface area contributed by atoms with Gasteiger partial charge in [-0.15, -0.1) is 12.4 Å². The fourth-order valence-corrected chi connectivity index (χ4v) is 1.93. The maximum Gasteiger partial charge on any atom is 0.643 e. The number of carbonyl (C=O) groups is 2. The van der Waals surface area contributed by atoms with E-state index in [1.807, 2.05) is 0 Å². The van der Waals surface area contributed by atoms with Crippen molar-refractivity contribution in [2.24, 2.45) is 11.5 Å². The van der Waals surface area contributed by atoms with E-state index in [1.165, 1.54) is 0 Å². The van der Waals surface area contributed by atoms with Crippen molar-refractivity contribution in [2.75, 3.05) is 12.4 Å². The minimum absolute atomic E-state index is 0. The summed E-state index contributed by atoms with van der Waals surface area (Å²) in [5, 5.41) is 8.96. The van der Waals surface area contributed by atoms with Crippen molar-refractivity contribution < 1.29 is 19.4 Å². The minimum Gasteiger partial charge on any atom is -0.480 e. The molecule has 1 heterocycles. The normalized spacial score (nSPS) is 14.9. The van der Waals surface area contributed by atoms with Gasteiger partial charge in [0.15, 0.2) is 0 Å². The SMILES string of the molecule is C.C.C.CC(C)SCCC(N)C(=O)O.Cl.NC1CCOC1=O.[Cl][Al]([Cl])[Cl]. The number of carboxylic acids is 1. The molecule has 0 spiro atoms. The molecule has 5 N–H and O–H groups in total. The molecule has 0 aromatic rings. The number of aliphatic carboxylic acids is 1. The molecule has 0 aromatic carbocycles. The van der Waals surface area contributed by atoms with Crippen LogP contribution < -0.4 is 11.5 Å². The Morgan fingerprint density at radius 2 is 1.77 bits per heavy atom. The first-order chi connectivity index (χ1) is 10.1. The summed E-state index contributed by atoms with van der Waals surface area (Å²) in [5.74, 6) is -0.347. The van der Waals surface area contributed by atoms with Crippen LogP contribution in [0.1, 0.15) is 49.0 Å². The fourth-order valence-electron chi connectivity index (χ4n) is 1.07. The molecule has 0 saturated carbocycles. The molecule has 2 unspecified atom stereocenters. The van der Waals surface area contributed by atoms with Gasteiger partial charge >= 0.3 is 23.3 Å². The molecule has 6 nitrogen and oxygen atoms in total. The topological polar surface area (TPSA) is 116 Å². The van der Waals surface area contributed by atoms with Crippen LogP contribution in [0.15, 0.2) is 0 Å². The zero-order chi connectivity index (χ0) is 17.7. The lowest BCUT2D eigenvalue weighted by molar-refractivity contribution is -0.139. The number of rotatable bonds is 5. The quantitative estimate of drug-likeness (QED) is 0.386. The first-order valence-corrected chi connectivity index (χ1v) is 12.8. The van der Waals surface area contributed by atoms with Gasteiger partial charge in [0, 0.05) is 6.42 Å². The first kappa shape index (κ1) is 41.3. The summed E-state index contributed by atoms with van der Waals surface area (Å²) in [6, 6.07) is -1.04. The van der Waals surface area contributed by atoms with E-state index in [0.29, 0.717) is 24.7 Å². The lowest BCUT2D eigenvalue weighted by Crippen LogP contribution is -2.30. The Balaban J connectivity index is -0.0000000586. The van der Waals surface area contributed by atoms with Crippen molar-refractivity contribution in [3.63, 3.8) is 0 Å². The average molecular weight is 496 g/mol. The van der Waals surface area contributed by atoms with Crippen LogP contribution in [0, 0.1) is 0 Å². The van der Waals surface area contributed by atoms with Crippen LogP contribution in [0.5, 0.6) is 0 Å². The second-order valence-electron chi connectivity index (χ2n) is 4.46. The van der Waals surface area contributed by atoms with Gasteiger partial charge in [0.05, 0.1) is 6.61 Å². The van der Waals surface area contributed by atoms with E-state index in [1.54, 1.807) is 11.8 Å². The third-order valence-corrected chi connectivity index (χ3v) is 3.31. The molecule has 0 radical (unpaired) electrons. The Morgan fingerprint density at radius 3 is 1.96 bits per heavy atom. The highest BCUT2D eigenvalue weighted by Crippen LogP contribution is 2.10. The average Bonchev–Trinajstić information content (AvgIpc) is 2.73. The fraction of sp³-hybridized carbons (Fsp3) is 0.857. The van der Waals surface area contributed by atoms with Gasteiger partial charge < -0.3 is 21.3 Å². The monoisotopic (exact) mass is 494 g/mol. The molecule has 0 aliphatic carbocycles. The van der Waals surface area contributed by atoms with Crippen molar-refractivity contribution in [2.45, 2.75) is 66.3 Å². The van der Waals surface area contributed by atoms with Crippen LogP contribution in [0.25, 0.3) is 0 Å². The van der Waals surface area contributed by atoms with Gasteiger partial charge in [-0.25, -0.2) is 30.1 Å². The largest absolute Gasteiger partial charge is 0.643 e. The number of ether oxygens (including phenoxy) is 1. The van der Waals surface area contributed by atoms with E-state index < -0.39 is 23.4 Å². The second-order valence-corrected chi connectivity index (χ2v) is 12.6. The van der Waals surface area contributed by atoms with Gasteiger partial charge in [-0.3, -0.25) is 9.59 Å². The lowest BCUT2D eigenvalue weighted by Gasteiger charge is -2.07. The highest BCUT2D eigenvalue weighted by molar-refractivity contribution is 7.99. The van der Waals surface area contributed by atoms with Gasteiger partial charge in [-0.2, -0.15) is 11.8 Å². The highest BCUT2D eigenvalue weighted by Gasteiger charge is 2.21. The van der Waals surface area contributed by atoms with Crippen LogP contribution in [0.2, 0.25) is 0 Å². The summed E-state index contributed by atoms with van der Waals surface area (Å²) in [4.78, 5) is 20.5. The summed E-state index contributed by atoms with van der Waals surface area (Å²) in [7, 11) is 14.8. The number of hydrogen-bond donors (Lipinski definition) is 3. The maximum absolute atomic E-state index is 10.2. The van der Waals surface area contributed by atoms with Gasteiger partial charge in [0.25, 0.3) is 0 Å². The molecule has 1 aliphatic heterocycles. The molecule has 26 heavy (non-hydrogen) atoms. The predicted octanol–water partition coefficient (Wildman–Crippen LogP) is 4.21. The number of nitrogens with two attached hydrogens (primary N) is 2. The third-order valence-electron chi connectivity index (χ3n) is 2.17. The molecular weight excluding hydrogens is 461 g/mol. The van der Waals surface area contributed by atoms with Crippen molar-refractivity contribution in [3.05, 3.63) is 0 Å². The molecule has 1 rings (SSSR count). The van der Waals surface area contributed by atoms with E-state index in [2.05, 4.69) is 18.6 Å². The van der Waals surface area contributed by atoms with Gasteiger partial charge in [0.1, 0.15) is 12.1 Å².